The first-order valence-electron chi connectivity index (χ1n) is 8.41. The van der Waals surface area contributed by atoms with Gasteiger partial charge in [0, 0.05) is 35.6 Å². The van der Waals surface area contributed by atoms with Crippen molar-refractivity contribution >= 4 is 11.7 Å². The van der Waals surface area contributed by atoms with Gasteiger partial charge in [0.05, 0.1) is 6.10 Å². The molecule has 4 nitrogen and oxygen atoms in total. The quantitative estimate of drug-likeness (QED) is 0.926. The van der Waals surface area contributed by atoms with E-state index in [1.807, 2.05) is 31.2 Å². The van der Waals surface area contributed by atoms with E-state index in [0.29, 0.717) is 12.8 Å². The van der Waals surface area contributed by atoms with Crippen molar-refractivity contribution in [2.45, 2.75) is 58.0 Å². The summed E-state index contributed by atoms with van der Waals surface area (Å²) >= 11 is 0. The summed E-state index contributed by atoms with van der Waals surface area (Å²) in [4.78, 5) is 24.6. The van der Waals surface area contributed by atoms with E-state index in [1.54, 1.807) is 0 Å². The lowest BCUT2D eigenvalue weighted by molar-refractivity contribution is -0.122. The molecule has 2 atom stereocenters. The predicted octanol–water partition coefficient (Wildman–Crippen LogP) is 3.47. The number of benzene rings is 1. The van der Waals surface area contributed by atoms with Crippen LogP contribution >= 0.6 is 0 Å². The van der Waals surface area contributed by atoms with Gasteiger partial charge in [-0.3, -0.25) is 9.59 Å². The van der Waals surface area contributed by atoms with Gasteiger partial charge >= 0.3 is 0 Å². The highest BCUT2D eigenvalue weighted by Crippen LogP contribution is 2.41. The molecule has 1 aromatic carbocycles. The van der Waals surface area contributed by atoms with Gasteiger partial charge in [-0.2, -0.15) is 0 Å². The number of Topliss-reactive ketones (excluding diaryl/α,β-unsaturated/α-hetero) is 1. The molecule has 0 saturated carbocycles. The average molecular weight is 313 g/mol. The van der Waals surface area contributed by atoms with Crippen LogP contribution in [0.1, 0.15) is 57.4 Å². The number of allylic oxidation sites excluding steroid dienone is 2. The molecule has 0 fully saturated rings. The summed E-state index contributed by atoms with van der Waals surface area (Å²) in [6.07, 6.45) is 3.48. The lowest BCUT2D eigenvalue weighted by Crippen LogP contribution is -2.36. The lowest BCUT2D eigenvalue weighted by atomic mass is 9.78. The van der Waals surface area contributed by atoms with Crippen LogP contribution in [0, 0.1) is 0 Å². The molecular weight excluding hydrogens is 290 g/mol. The smallest absolute Gasteiger partial charge is 0.225 e. The van der Waals surface area contributed by atoms with Crippen molar-refractivity contribution in [1.82, 2.24) is 5.32 Å². The molecule has 0 unspecified atom stereocenters. The van der Waals surface area contributed by atoms with Crippen LogP contribution < -0.4 is 10.1 Å². The van der Waals surface area contributed by atoms with Gasteiger partial charge in [-0.1, -0.05) is 25.1 Å². The molecule has 122 valence electrons. The molecule has 0 spiro atoms. The molecule has 1 heterocycles. The fourth-order valence-corrected chi connectivity index (χ4v) is 3.35. The molecule has 4 heteroatoms. The molecule has 0 bridgehead atoms. The molecule has 1 amide bonds. The second-order valence-corrected chi connectivity index (χ2v) is 6.35. The third kappa shape index (κ3) is 3.16. The van der Waals surface area contributed by atoms with Crippen molar-refractivity contribution in [3.05, 3.63) is 41.1 Å². The van der Waals surface area contributed by atoms with Crippen molar-refractivity contribution in [1.29, 1.82) is 0 Å². The van der Waals surface area contributed by atoms with E-state index >= 15 is 0 Å². The third-order valence-corrected chi connectivity index (χ3v) is 4.68. The number of ether oxygens (including phenoxy) is 1. The zero-order valence-electron chi connectivity index (χ0n) is 13.7. The average Bonchev–Trinajstić information content (AvgIpc) is 2.54. The minimum Gasteiger partial charge on any atom is -0.490 e. The van der Waals surface area contributed by atoms with Crippen molar-refractivity contribution < 1.29 is 14.3 Å². The summed E-state index contributed by atoms with van der Waals surface area (Å²) in [6.45, 7) is 4.10. The van der Waals surface area contributed by atoms with Crippen molar-refractivity contribution in [2.24, 2.45) is 0 Å². The number of rotatable bonds is 4. The van der Waals surface area contributed by atoms with Gasteiger partial charge in [-0.15, -0.1) is 0 Å². The molecule has 0 radical (unpaired) electrons. The van der Waals surface area contributed by atoms with Gasteiger partial charge in [0.2, 0.25) is 5.91 Å². The predicted molar refractivity (Wildman–Crippen MR) is 88.2 cm³/mol. The maximum atomic E-state index is 12.5. The first-order chi connectivity index (χ1) is 11.1. The van der Waals surface area contributed by atoms with Gasteiger partial charge in [0.25, 0.3) is 0 Å². The zero-order valence-corrected chi connectivity index (χ0v) is 13.7. The summed E-state index contributed by atoms with van der Waals surface area (Å²) in [5.74, 6) is 0.745. The number of carbonyl (C=O) groups is 2. The highest BCUT2D eigenvalue weighted by atomic mass is 16.5. The van der Waals surface area contributed by atoms with E-state index in [4.69, 9.17) is 4.74 Å². The molecule has 1 N–H and O–H groups in total. The number of ketones is 1. The van der Waals surface area contributed by atoms with Gasteiger partial charge in [0.15, 0.2) is 5.78 Å². The summed E-state index contributed by atoms with van der Waals surface area (Å²) in [7, 11) is 0. The van der Waals surface area contributed by atoms with Gasteiger partial charge in [-0.25, -0.2) is 0 Å². The number of hydrogen-bond donors (Lipinski definition) is 1. The van der Waals surface area contributed by atoms with Gasteiger partial charge in [-0.05, 0) is 32.3 Å². The standard InChI is InChI=1S/C19H23NO3/c1-3-12(2)23-17-10-5-4-7-13(17)14-11-18(22)20-15-8-6-9-16(21)19(14)15/h4-5,7,10,12,14H,3,6,8-9,11H2,1-2H3,(H,20,22)/t12-,14+/m0/s1. The number of carbonyl (C=O) groups excluding carboxylic acids is 2. The van der Waals surface area contributed by atoms with Crippen LogP contribution in [-0.2, 0) is 9.59 Å². The highest BCUT2D eigenvalue weighted by Gasteiger charge is 2.36. The van der Waals surface area contributed by atoms with Crippen molar-refractivity contribution in [2.75, 3.05) is 0 Å². The first kappa shape index (κ1) is 15.8. The van der Waals surface area contributed by atoms with E-state index in [1.165, 1.54) is 0 Å². The SMILES string of the molecule is CC[C@H](C)Oc1ccccc1[C@H]1CC(=O)NC2=C1C(=O)CCC2. The highest BCUT2D eigenvalue weighted by molar-refractivity contribution is 6.01. The molecule has 1 aliphatic carbocycles. The van der Waals surface area contributed by atoms with Crippen LogP contribution in [-0.4, -0.2) is 17.8 Å². The fourth-order valence-electron chi connectivity index (χ4n) is 3.35. The van der Waals surface area contributed by atoms with Gasteiger partial charge in [0.1, 0.15) is 5.75 Å². The Kier molecular flexibility index (Phi) is 4.51. The largest absolute Gasteiger partial charge is 0.490 e. The lowest BCUT2D eigenvalue weighted by Gasteiger charge is -2.32. The third-order valence-electron chi connectivity index (χ3n) is 4.68. The van der Waals surface area contributed by atoms with Crippen LogP contribution in [0.15, 0.2) is 35.5 Å². The second kappa shape index (κ2) is 6.57. The number of hydrogen-bond acceptors (Lipinski definition) is 3. The van der Waals surface area contributed by atoms with E-state index in [9.17, 15) is 9.59 Å². The molecule has 2 aliphatic rings. The van der Waals surface area contributed by atoms with Crippen LogP contribution in [0.25, 0.3) is 0 Å². The molecule has 23 heavy (non-hydrogen) atoms. The summed E-state index contributed by atoms with van der Waals surface area (Å²) in [5.41, 5.74) is 2.56. The van der Waals surface area contributed by atoms with Crippen LogP contribution in [0.5, 0.6) is 5.75 Å². The number of nitrogens with one attached hydrogen (secondary N) is 1. The topological polar surface area (TPSA) is 55.4 Å². The summed E-state index contributed by atoms with van der Waals surface area (Å²) < 4.78 is 6.03. The minimum absolute atomic E-state index is 0.0122. The number of amides is 1. The Hall–Kier alpha value is -2.10. The maximum absolute atomic E-state index is 12.5. The summed E-state index contributed by atoms with van der Waals surface area (Å²) in [5, 5.41) is 2.90. The van der Waals surface area contributed by atoms with Crippen LogP contribution in [0.3, 0.4) is 0 Å². The monoisotopic (exact) mass is 313 g/mol. The number of para-hydroxylation sites is 1. The Morgan fingerprint density at radius 1 is 1.26 bits per heavy atom. The van der Waals surface area contributed by atoms with E-state index in [2.05, 4.69) is 12.2 Å². The van der Waals surface area contributed by atoms with Gasteiger partial charge < -0.3 is 10.1 Å². The Morgan fingerprint density at radius 2 is 2.04 bits per heavy atom. The fraction of sp³-hybridized carbons (Fsp3) is 0.474. The Balaban J connectivity index is 2.03. The molecule has 1 aliphatic heterocycles. The molecule has 0 aromatic heterocycles. The normalized spacial score (nSPS) is 22.4. The minimum atomic E-state index is -0.188. The van der Waals surface area contributed by atoms with Crippen LogP contribution in [0.4, 0.5) is 0 Å². The van der Waals surface area contributed by atoms with Crippen molar-refractivity contribution in [3.63, 3.8) is 0 Å². The Bertz CT molecular complexity index is 662. The molecular formula is C19H23NO3. The van der Waals surface area contributed by atoms with E-state index in [-0.39, 0.29) is 23.7 Å². The van der Waals surface area contributed by atoms with Crippen molar-refractivity contribution in [3.8, 4) is 5.75 Å². The Labute approximate surface area is 136 Å². The van der Waals surface area contributed by atoms with E-state index in [0.717, 1.165) is 41.8 Å². The molecule has 3 rings (SSSR count). The summed E-state index contributed by atoms with van der Waals surface area (Å²) in [6, 6.07) is 7.79. The molecule has 0 saturated heterocycles. The molecule has 1 aromatic rings. The van der Waals surface area contributed by atoms with E-state index < -0.39 is 0 Å². The first-order valence-corrected chi connectivity index (χ1v) is 8.41. The zero-order chi connectivity index (χ0) is 16.4. The second-order valence-electron chi connectivity index (χ2n) is 6.35. The maximum Gasteiger partial charge on any atom is 0.225 e. The Morgan fingerprint density at radius 3 is 2.83 bits per heavy atom. The van der Waals surface area contributed by atoms with Crippen LogP contribution in [0.2, 0.25) is 0 Å².